The Labute approximate surface area is 167 Å². The highest BCUT2D eigenvalue weighted by Crippen LogP contribution is 2.31. The lowest BCUT2D eigenvalue weighted by atomic mass is 10.00. The summed E-state index contributed by atoms with van der Waals surface area (Å²) in [7, 11) is 0. The van der Waals surface area contributed by atoms with E-state index in [1.807, 2.05) is 11.8 Å². The average molecular weight is 396 g/mol. The number of anilines is 1. The number of likely N-dealkylation sites (tertiary alicyclic amines) is 1. The standard InChI is InChI=1S/C20H21FN6O2/c1-2-18-25-20(26-29-18)14-9-22-12-23-19(14)13-7-8-27(10-13)11-17(28)24-16-6-4-3-5-15(16)21/h3-6,9,12-13H,2,7-8,10-11H2,1H3,(H,24,28)/t13-/m1/s1. The number of carbonyl (C=O) groups excluding carboxylic acids is 1. The molecule has 2 aromatic heterocycles. The van der Waals surface area contributed by atoms with Gasteiger partial charge in [0, 0.05) is 25.1 Å². The van der Waals surface area contributed by atoms with Gasteiger partial charge >= 0.3 is 0 Å². The van der Waals surface area contributed by atoms with Gasteiger partial charge in [-0.15, -0.1) is 0 Å². The highest BCUT2D eigenvalue weighted by atomic mass is 19.1. The molecule has 0 saturated carbocycles. The Balaban J connectivity index is 1.42. The number of para-hydroxylation sites is 1. The lowest BCUT2D eigenvalue weighted by Gasteiger charge is -2.16. The Kier molecular flexibility index (Phi) is 5.57. The van der Waals surface area contributed by atoms with Gasteiger partial charge in [0.1, 0.15) is 12.1 Å². The van der Waals surface area contributed by atoms with Crippen molar-refractivity contribution in [2.75, 3.05) is 25.0 Å². The maximum atomic E-state index is 13.7. The number of aromatic nitrogens is 4. The minimum absolute atomic E-state index is 0.123. The van der Waals surface area contributed by atoms with Gasteiger partial charge in [-0.1, -0.05) is 24.2 Å². The average Bonchev–Trinajstić information content (AvgIpc) is 3.39. The van der Waals surface area contributed by atoms with Gasteiger partial charge in [-0.3, -0.25) is 9.69 Å². The van der Waals surface area contributed by atoms with Crippen LogP contribution >= 0.6 is 0 Å². The fourth-order valence-corrected chi connectivity index (χ4v) is 3.50. The maximum Gasteiger partial charge on any atom is 0.238 e. The zero-order chi connectivity index (χ0) is 20.2. The molecular weight excluding hydrogens is 375 g/mol. The van der Waals surface area contributed by atoms with Crippen LogP contribution in [0.3, 0.4) is 0 Å². The largest absolute Gasteiger partial charge is 0.339 e. The highest BCUT2D eigenvalue weighted by Gasteiger charge is 2.29. The third-order valence-corrected chi connectivity index (χ3v) is 4.93. The molecule has 1 fully saturated rings. The molecule has 150 valence electrons. The first kappa shape index (κ1) is 19.1. The first-order chi connectivity index (χ1) is 14.1. The Morgan fingerprint density at radius 1 is 1.38 bits per heavy atom. The summed E-state index contributed by atoms with van der Waals surface area (Å²) in [5.41, 5.74) is 1.79. The van der Waals surface area contributed by atoms with Crippen LogP contribution < -0.4 is 5.32 Å². The Morgan fingerprint density at radius 3 is 3.03 bits per heavy atom. The Morgan fingerprint density at radius 2 is 2.24 bits per heavy atom. The molecule has 1 amide bonds. The normalized spacial score (nSPS) is 16.8. The number of nitrogens with zero attached hydrogens (tertiary/aromatic N) is 5. The molecule has 1 N–H and O–H groups in total. The second-order valence-corrected chi connectivity index (χ2v) is 6.94. The quantitative estimate of drug-likeness (QED) is 0.684. The molecule has 0 aliphatic carbocycles. The van der Waals surface area contributed by atoms with Crippen molar-refractivity contribution in [2.45, 2.75) is 25.7 Å². The van der Waals surface area contributed by atoms with Crippen LogP contribution in [-0.2, 0) is 11.2 Å². The number of halogens is 1. The predicted molar refractivity (Wildman–Crippen MR) is 104 cm³/mol. The van der Waals surface area contributed by atoms with Gasteiger partial charge in [0.2, 0.25) is 17.6 Å². The molecule has 29 heavy (non-hydrogen) atoms. The van der Waals surface area contributed by atoms with E-state index in [9.17, 15) is 9.18 Å². The summed E-state index contributed by atoms with van der Waals surface area (Å²) >= 11 is 0. The van der Waals surface area contributed by atoms with Crippen molar-refractivity contribution in [3.63, 3.8) is 0 Å². The number of hydrogen-bond donors (Lipinski definition) is 1. The summed E-state index contributed by atoms with van der Waals surface area (Å²) in [6.07, 6.45) is 4.70. The SMILES string of the molecule is CCc1nc(-c2cncnc2[C@@H]2CCN(CC(=O)Nc3ccccc3F)C2)no1. The van der Waals surface area contributed by atoms with E-state index in [-0.39, 0.29) is 24.1 Å². The van der Waals surface area contributed by atoms with Crippen molar-refractivity contribution < 1.29 is 13.7 Å². The van der Waals surface area contributed by atoms with Crippen LogP contribution in [0.2, 0.25) is 0 Å². The lowest BCUT2D eigenvalue weighted by molar-refractivity contribution is -0.117. The van der Waals surface area contributed by atoms with Gasteiger partial charge in [0.05, 0.1) is 23.5 Å². The molecular formula is C20H21FN6O2. The van der Waals surface area contributed by atoms with Crippen LogP contribution in [0.15, 0.2) is 41.3 Å². The van der Waals surface area contributed by atoms with E-state index in [1.165, 1.54) is 12.4 Å². The molecule has 1 aliphatic heterocycles. The fraction of sp³-hybridized carbons (Fsp3) is 0.350. The zero-order valence-corrected chi connectivity index (χ0v) is 16.0. The van der Waals surface area contributed by atoms with Crippen molar-refractivity contribution in [1.29, 1.82) is 0 Å². The number of benzene rings is 1. The summed E-state index contributed by atoms with van der Waals surface area (Å²) in [4.78, 5) is 27.3. The number of nitrogens with one attached hydrogen (secondary N) is 1. The molecule has 1 aromatic carbocycles. The van der Waals surface area contributed by atoms with Gasteiger partial charge in [-0.05, 0) is 25.1 Å². The zero-order valence-electron chi connectivity index (χ0n) is 16.0. The molecule has 1 atom stereocenters. The van der Waals surface area contributed by atoms with Crippen LogP contribution in [0, 0.1) is 5.82 Å². The molecule has 0 spiro atoms. The minimum Gasteiger partial charge on any atom is -0.339 e. The Bertz CT molecular complexity index is 1010. The molecule has 9 heteroatoms. The smallest absolute Gasteiger partial charge is 0.238 e. The Hall–Kier alpha value is -3.20. The van der Waals surface area contributed by atoms with E-state index in [0.29, 0.717) is 24.7 Å². The molecule has 0 bridgehead atoms. The summed E-state index contributed by atoms with van der Waals surface area (Å²) < 4.78 is 18.9. The lowest BCUT2D eigenvalue weighted by Crippen LogP contribution is -2.31. The van der Waals surface area contributed by atoms with Gasteiger partial charge in [0.25, 0.3) is 0 Å². The van der Waals surface area contributed by atoms with Gasteiger partial charge < -0.3 is 9.84 Å². The third kappa shape index (κ3) is 4.29. The van der Waals surface area contributed by atoms with Crippen LogP contribution in [0.5, 0.6) is 0 Å². The molecule has 1 saturated heterocycles. The van der Waals surface area contributed by atoms with E-state index < -0.39 is 5.82 Å². The van der Waals surface area contributed by atoms with Crippen LogP contribution in [0.25, 0.3) is 11.4 Å². The molecule has 3 aromatic rings. The van der Waals surface area contributed by atoms with Crippen LogP contribution in [-0.4, -0.2) is 50.5 Å². The maximum absolute atomic E-state index is 13.7. The van der Waals surface area contributed by atoms with E-state index in [0.717, 1.165) is 24.2 Å². The van der Waals surface area contributed by atoms with Crippen molar-refractivity contribution >= 4 is 11.6 Å². The number of rotatable bonds is 6. The third-order valence-electron chi connectivity index (χ3n) is 4.93. The fourth-order valence-electron chi connectivity index (χ4n) is 3.50. The van der Waals surface area contributed by atoms with E-state index in [1.54, 1.807) is 24.4 Å². The molecule has 0 radical (unpaired) electrons. The summed E-state index contributed by atoms with van der Waals surface area (Å²) in [6, 6.07) is 6.13. The summed E-state index contributed by atoms with van der Waals surface area (Å²) in [5.74, 6) is 0.473. The summed E-state index contributed by atoms with van der Waals surface area (Å²) in [6.45, 7) is 3.53. The topological polar surface area (TPSA) is 97.0 Å². The molecule has 0 unspecified atom stereocenters. The van der Waals surface area contributed by atoms with Crippen molar-refractivity contribution in [1.82, 2.24) is 25.0 Å². The van der Waals surface area contributed by atoms with Crippen molar-refractivity contribution in [3.05, 3.63) is 54.2 Å². The highest BCUT2D eigenvalue weighted by molar-refractivity contribution is 5.92. The predicted octanol–water partition coefficient (Wildman–Crippen LogP) is 2.66. The summed E-state index contributed by atoms with van der Waals surface area (Å²) in [5, 5.41) is 6.66. The molecule has 1 aliphatic rings. The van der Waals surface area contributed by atoms with Crippen molar-refractivity contribution in [3.8, 4) is 11.4 Å². The minimum atomic E-state index is -0.447. The second kappa shape index (κ2) is 8.44. The number of aryl methyl sites for hydroxylation is 1. The monoisotopic (exact) mass is 396 g/mol. The second-order valence-electron chi connectivity index (χ2n) is 6.94. The first-order valence-electron chi connectivity index (χ1n) is 9.53. The van der Waals surface area contributed by atoms with E-state index in [4.69, 9.17) is 4.52 Å². The molecule has 8 nitrogen and oxygen atoms in total. The molecule has 3 heterocycles. The van der Waals surface area contributed by atoms with E-state index >= 15 is 0 Å². The van der Waals surface area contributed by atoms with Crippen molar-refractivity contribution in [2.24, 2.45) is 0 Å². The van der Waals surface area contributed by atoms with Crippen LogP contribution in [0.1, 0.15) is 30.8 Å². The van der Waals surface area contributed by atoms with Gasteiger partial charge in [0.15, 0.2) is 0 Å². The number of carbonyl (C=O) groups is 1. The number of amides is 1. The number of hydrogen-bond acceptors (Lipinski definition) is 7. The van der Waals surface area contributed by atoms with Gasteiger partial charge in [-0.2, -0.15) is 4.98 Å². The van der Waals surface area contributed by atoms with E-state index in [2.05, 4.69) is 25.4 Å². The first-order valence-corrected chi connectivity index (χ1v) is 9.53. The molecule has 4 rings (SSSR count). The van der Waals surface area contributed by atoms with Crippen LogP contribution in [0.4, 0.5) is 10.1 Å². The van der Waals surface area contributed by atoms with Gasteiger partial charge in [-0.25, -0.2) is 14.4 Å².